The van der Waals surface area contributed by atoms with E-state index in [0.717, 1.165) is 57.4 Å². The van der Waals surface area contributed by atoms with Crippen LogP contribution in [0.1, 0.15) is 79.3 Å². The molecular formula is C30H47N7O3. The number of Topliss-reactive ketones (excluding diaryl/α,β-unsaturated/α-hetero) is 1. The second-order valence-corrected chi connectivity index (χ2v) is 10.4. The average Bonchev–Trinajstić information content (AvgIpc) is 2.99. The van der Waals surface area contributed by atoms with Crippen LogP contribution in [0.3, 0.4) is 0 Å². The number of likely N-dealkylation sites (tertiary alicyclic amines) is 1. The number of rotatable bonds is 9. The highest BCUT2D eigenvalue weighted by Gasteiger charge is 2.34. The molecule has 2 aliphatic rings. The number of nitrogens with one attached hydrogen (secondary N) is 2. The molecule has 10 heteroatoms. The highest BCUT2D eigenvalue weighted by atomic mass is 16.2. The van der Waals surface area contributed by atoms with Crippen molar-refractivity contribution in [3.8, 4) is 0 Å². The first-order chi connectivity index (χ1) is 19.3. The van der Waals surface area contributed by atoms with Gasteiger partial charge in [0.25, 0.3) is 11.5 Å². The third-order valence-corrected chi connectivity index (χ3v) is 7.96. The summed E-state index contributed by atoms with van der Waals surface area (Å²) >= 11 is 0. The van der Waals surface area contributed by atoms with Crippen LogP contribution in [0.25, 0.3) is 0 Å². The number of nitrogens with zero attached hydrogens (tertiary/aromatic N) is 4. The number of hydrogen-bond donors (Lipinski definition) is 3. The number of H-pyrrole nitrogens is 1. The van der Waals surface area contributed by atoms with Gasteiger partial charge in [0.1, 0.15) is 5.69 Å². The Bertz CT molecular complexity index is 1170. The number of ketones is 1. The van der Waals surface area contributed by atoms with Gasteiger partial charge in [0.05, 0.1) is 0 Å². The number of anilines is 2. The lowest BCUT2D eigenvalue weighted by Gasteiger charge is -2.47. The Hall–Kier alpha value is -3.24. The van der Waals surface area contributed by atoms with Gasteiger partial charge in [-0.05, 0) is 52.2 Å². The van der Waals surface area contributed by atoms with E-state index in [2.05, 4.69) is 32.0 Å². The number of aromatic nitrogens is 2. The van der Waals surface area contributed by atoms with Crippen molar-refractivity contribution in [2.45, 2.75) is 71.9 Å². The molecule has 1 atom stereocenters. The van der Waals surface area contributed by atoms with Crippen molar-refractivity contribution in [3.05, 3.63) is 51.4 Å². The molecule has 0 spiro atoms. The van der Waals surface area contributed by atoms with Crippen LogP contribution in [-0.2, 0) is 0 Å². The second-order valence-electron chi connectivity index (χ2n) is 10.4. The van der Waals surface area contributed by atoms with E-state index in [0.29, 0.717) is 31.6 Å². The van der Waals surface area contributed by atoms with Crippen molar-refractivity contribution in [1.29, 1.82) is 0 Å². The lowest BCUT2D eigenvalue weighted by Crippen LogP contribution is -2.59. The third kappa shape index (κ3) is 7.69. The molecule has 10 nitrogen and oxygen atoms in total. The molecule has 1 aromatic carbocycles. The van der Waals surface area contributed by atoms with Gasteiger partial charge in [-0.3, -0.25) is 19.3 Å². The predicted octanol–water partition coefficient (Wildman–Crippen LogP) is 3.07. The molecule has 1 aromatic heterocycles. The van der Waals surface area contributed by atoms with E-state index in [-0.39, 0.29) is 23.1 Å². The van der Waals surface area contributed by atoms with Gasteiger partial charge in [-0.2, -0.15) is 0 Å². The van der Waals surface area contributed by atoms with E-state index < -0.39 is 11.5 Å². The summed E-state index contributed by atoms with van der Waals surface area (Å²) in [7, 11) is 1.48. The fourth-order valence-corrected chi connectivity index (χ4v) is 5.69. The fraction of sp³-hybridized carbons (Fsp3) is 0.600. The standard InChI is InChI=1S/C28H41N7O3.C2H6/c1-4-21-18-34(26-28(38)31-24(25(29)32-26)27(37)30-3)16-17-35(21)22-11-14-33(15-12-22)13-5-6-23(36)20-9-7-19(2)8-10-20;1-2/h7-10,21-22H,4-6,11-18H2,1-3H3,(H2,29,32)(H,30,37)(H,31,38);1-2H3. The molecule has 2 aromatic rings. The summed E-state index contributed by atoms with van der Waals surface area (Å²) in [4.78, 5) is 51.1. The first-order valence-electron chi connectivity index (χ1n) is 14.8. The predicted molar refractivity (Wildman–Crippen MR) is 161 cm³/mol. The van der Waals surface area contributed by atoms with Crippen molar-refractivity contribution in [1.82, 2.24) is 25.1 Å². The van der Waals surface area contributed by atoms with E-state index in [9.17, 15) is 14.4 Å². The molecule has 40 heavy (non-hydrogen) atoms. The van der Waals surface area contributed by atoms with Crippen LogP contribution in [0.2, 0.25) is 0 Å². The van der Waals surface area contributed by atoms with Crippen LogP contribution in [0.4, 0.5) is 11.6 Å². The van der Waals surface area contributed by atoms with Crippen molar-refractivity contribution in [2.75, 3.05) is 56.9 Å². The van der Waals surface area contributed by atoms with Crippen LogP contribution in [0.5, 0.6) is 0 Å². The first kappa shape index (κ1) is 31.3. The molecule has 2 fully saturated rings. The van der Waals surface area contributed by atoms with Gasteiger partial charge in [-0.1, -0.05) is 50.6 Å². The molecule has 0 saturated carbocycles. The van der Waals surface area contributed by atoms with E-state index in [1.165, 1.54) is 12.6 Å². The SMILES string of the molecule is CC.CCC1CN(c2nc(N)c(C(=O)NC)[nH]c2=O)CCN1C1CCN(CCCC(=O)c2ccc(C)cc2)CC1. The molecule has 4 rings (SSSR count). The molecule has 2 aliphatic heterocycles. The Balaban J connectivity index is 0.00000216. The summed E-state index contributed by atoms with van der Waals surface area (Å²) in [6.45, 7) is 13.5. The van der Waals surface area contributed by atoms with Crippen LogP contribution in [0, 0.1) is 6.92 Å². The van der Waals surface area contributed by atoms with E-state index in [1.807, 2.05) is 49.9 Å². The number of piperazine rings is 1. The Morgan fingerprint density at radius 3 is 2.40 bits per heavy atom. The molecule has 1 unspecified atom stereocenters. The number of carbonyl (C=O) groups excluding carboxylic acids is 2. The van der Waals surface area contributed by atoms with Gasteiger partial charge >= 0.3 is 0 Å². The lowest BCUT2D eigenvalue weighted by molar-refractivity contribution is 0.0623. The van der Waals surface area contributed by atoms with Gasteiger partial charge < -0.3 is 25.8 Å². The normalized spacial score (nSPS) is 18.6. The Labute approximate surface area is 238 Å². The van der Waals surface area contributed by atoms with Gasteiger partial charge in [0, 0.05) is 50.7 Å². The maximum atomic E-state index is 12.7. The number of carbonyl (C=O) groups is 2. The quantitative estimate of drug-likeness (QED) is 0.404. The third-order valence-electron chi connectivity index (χ3n) is 7.96. The second kappa shape index (κ2) is 14.9. The highest BCUT2D eigenvalue weighted by Crippen LogP contribution is 2.25. The van der Waals surface area contributed by atoms with Crippen molar-refractivity contribution in [2.24, 2.45) is 0 Å². The summed E-state index contributed by atoms with van der Waals surface area (Å²) in [6.07, 6.45) is 4.66. The molecule has 3 heterocycles. The van der Waals surface area contributed by atoms with Crippen molar-refractivity contribution >= 4 is 23.3 Å². The molecule has 220 valence electrons. The van der Waals surface area contributed by atoms with Gasteiger partial charge in [0.2, 0.25) is 0 Å². The fourth-order valence-electron chi connectivity index (χ4n) is 5.69. The minimum atomic E-state index is -0.459. The first-order valence-corrected chi connectivity index (χ1v) is 14.8. The van der Waals surface area contributed by atoms with Crippen molar-refractivity contribution < 1.29 is 9.59 Å². The molecule has 1 amide bonds. The number of hydrogen-bond acceptors (Lipinski definition) is 8. The number of benzene rings is 1. The summed E-state index contributed by atoms with van der Waals surface area (Å²) in [5.74, 6) is 0.0756. The largest absolute Gasteiger partial charge is 0.382 e. The number of piperidine rings is 1. The minimum absolute atomic E-state index is 0.00166. The zero-order valence-corrected chi connectivity index (χ0v) is 24.8. The minimum Gasteiger partial charge on any atom is -0.382 e. The zero-order valence-electron chi connectivity index (χ0n) is 24.8. The van der Waals surface area contributed by atoms with Gasteiger partial charge in [0.15, 0.2) is 17.4 Å². The maximum absolute atomic E-state index is 12.7. The van der Waals surface area contributed by atoms with Crippen LogP contribution in [0.15, 0.2) is 29.1 Å². The summed E-state index contributed by atoms with van der Waals surface area (Å²) in [6, 6.07) is 8.67. The molecule has 0 aliphatic carbocycles. The number of aromatic amines is 1. The molecule has 4 N–H and O–H groups in total. The monoisotopic (exact) mass is 553 g/mol. The van der Waals surface area contributed by atoms with Crippen molar-refractivity contribution in [3.63, 3.8) is 0 Å². The number of nitrogens with two attached hydrogens (primary N) is 1. The molecular weight excluding hydrogens is 506 g/mol. The number of aryl methyl sites for hydroxylation is 1. The van der Waals surface area contributed by atoms with Crippen LogP contribution >= 0.6 is 0 Å². The highest BCUT2D eigenvalue weighted by molar-refractivity contribution is 5.96. The number of amides is 1. The lowest BCUT2D eigenvalue weighted by atomic mass is 9.97. The summed E-state index contributed by atoms with van der Waals surface area (Å²) in [5.41, 5.74) is 7.56. The smallest absolute Gasteiger partial charge is 0.291 e. The summed E-state index contributed by atoms with van der Waals surface area (Å²) < 4.78 is 0. The topological polar surface area (TPSA) is 128 Å². The summed E-state index contributed by atoms with van der Waals surface area (Å²) in [5, 5.41) is 2.47. The van der Waals surface area contributed by atoms with Gasteiger partial charge in [-0.15, -0.1) is 0 Å². The number of nitrogen functional groups attached to an aromatic ring is 1. The van der Waals surface area contributed by atoms with E-state index in [4.69, 9.17) is 5.73 Å². The maximum Gasteiger partial charge on any atom is 0.291 e. The molecule has 0 radical (unpaired) electrons. The Morgan fingerprint density at radius 2 is 1.77 bits per heavy atom. The Morgan fingerprint density at radius 1 is 1.10 bits per heavy atom. The Kier molecular flexibility index (Phi) is 11.7. The average molecular weight is 554 g/mol. The van der Waals surface area contributed by atoms with E-state index >= 15 is 0 Å². The van der Waals surface area contributed by atoms with Gasteiger partial charge in [-0.25, -0.2) is 4.98 Å². The van der Waals surface area contributed by atoms with Crippen LogP contribution in [-0.4, -0.2) is 89.9 Å². The molecule has 0 bridgehead atoms. The van der Waals surface area contributed by atoms with E-state index in [1.54, 1.807) is 0 Å². The zero-order chi connectivity index (χ0) is 29.2. The molecule has 2 saturated heterocycles. The van der Waals surface area contributed by atoms with Crippen LogP contribution < -0.4 is 21.5 Å².